The average Bonchev–Trinajstić information content (AvgIpc) is 2.90. The van der Waals surface area contributed by atoms with Crippen LogP contribution in [0, 0.1) is 11.3 Å². The SMILES string of the molecule is C=Cc1cc2ccccc2c(C#N)c1-c1ccnn1C. The van der Waals surface area contributed by atoms with Gasteiger partial charge in [-0.25, -0.2) is 0 Å². The molecule has 0 amide bonds. The molecule has 0 N–H and O–H groups in total. The van der Waals surface area contributed by atoms with Gasteiger partial charge < -0.3 is 0 Å². The lowest BCUT2D eigenvalue weighted by atomic mass is 9.92. The van der Waals surface area contributed by atoms with Crippen molar-refractivity contribution >= 4 is 16.8 Å². The minimum atomic E-state index is 0.668. The van der Waals surface area contributed by atoms with Crippen molar-refractivity contribution in [1.29, 1.82) is 5.26 Å². The number of fused-ring (bicyclic) bond motifs is 1. The zero-order chi connectivity index (χ0) is 14.1. The van der Waals surface area contributed by atoms with Gasteiger partial charge in [0.2, 0.25) is 0 Å². The van der Waals surface area contributed by atoms with Crippen LogP contribution in [0.3, 0.4) is 0 Å². The molecule has 0 saturated heterocycles. The lowest BCUT2D eigenvalue weighted by Crippen LogP contribution is -1.98. The highest BCUT2D eigenvalue weighted by molar-refractivity contribution is 5.97. The number of hydrogen-bond acceptors (Lipinski definition) is 2. The maximum atomic E-state index is 9.61. The Balaban J connectivity index is 2.50. The Morgan fingerprint density at radius 3 is 2.75 bits per heavy atom. The number of aromatic nitrogens is 2. The van der Waals surface area contributed by atoms with Crippen LogP contribution in [0.4, 0.5) is 0 Å². The number of aryl methyl sites for hydroxylation is 1. The molecule has 2 aromatic carbocycles. The van der Waals surface area contributed by atoms with E-state index in [1.165, 1.54) is 0 Å². The largest absolute Gasteiger partial charge is 0.268 e. The van der Waals surface area contributed by atoms with E-state index in [1.54, 1.807) is 17.0 Å². The first kappa shape index (κ1) is 12.2. The molecule has 0 aliphatic heterocycles. The predicted octanol–water partition coefficient (Wildman–Crippen LogP) is 3.75. The fraction of sp³-hybridized carbons (Fsp3) is 0.0588. The number of nitriles is 1. The van der Waals surface area contributed by atoms with E-state index in [1.807, 2.05) is 37.4 Å². The van der Waals surface area contributed by atoms with Gasteiger partial charge in [-0.2, -0.15) is 10.4 Å². The maximum Gasteiger partial charge on any atom is 0.101 e. The van der Waals surface area contributed by atoms with E-state index >= 15 is 0 Å². The Morgan fingerprint density at radius 2 is 2.10 bits per heavy atom. The maximum absolute atomic E-state index is 9.61. The van der Waals surface area contributed by atoms with Crippen LogP contribution in [-0.2, 0) is 7.05 Å². The number of benzene rings is 2. The molecule has 20 heavy (non-hydrogen) atoms. The van der Waals surface area contributed by atoms with Crippen molar-refractivity contribution in [2.45, 2.75) is 0 Å². The molecule has 0 saturated carbocycles. The summed E-state index contributed by atoms with van der Waals surface area (Å²) in [6, 6.07) is 14.2. The van der Waals surface area contributed by atoms with E-state index in [0.717, 1.165) is 27.6 Å². The molecule has 1 aromatic heterocycles. The van der Waals surface area contributed by atoms with E-state index in [-0.39, 0.29) is 0 Å². The van der Waals surface area contributed by atoms with Crippen molar-refractivity contribution in [3.8, 4) is 17.3 Å². The number of rotatable bonds is 2. The molecule has 1 heterocycles. The summed E-state index contributed by atoms with van der Waals surface area (Å²) in [6.07, 6.45) is 3.52. The van der Waals surface area contributed by atoms with Gasteiger partial charge in [0, 0.05) is 24.2 Å². The second-order valence-electron chi connectivity index (χ2n) is 4.59. The van der Waals surface area contributed by atoms with Crippen LogP contribution < -0.4 is 0 Å². The van der Waals surface area contributed by atoms with Crippen molar-refractivity contribution in [3.63, 3.8) is 0 Å². The molecule has 0 spiro atoms. The van der Waals surface area contributed by atoms with Gasteiger partial charge in [0.15, 0.2) is 0 Å². The molecule has 3 heteroatoms. The number of hydrogen-bond donors (Lipinski definition) is 0. The van der Waals surface area contributed by atoms with Gasteiger partial charge in [0.1, 0.15) is 6.07 Å². The molecule has 3 rings (SSSR count). The standard InChI is InChI=1S/C17H13N3/c1-3-12-10-13-6-4-5-7-14(13)15(11-18)17(12)16-8-9-19-20(16)2/h3-10H,1H2,2H3. The van der Waals surface area contributed by atoms with E-state index in [0.29, 0.717) is 5.56 Å². The summed E-state index contributed by atoms with van der Waals surface area (Å²) in [5.74, 6) is 0. The Bertz CT molecular complexity index is 850. The normalized spacial score (nSPS) is 10.4. The molecule has 3 aromatic rings. The Hall–Kier alpha value is -2.86. The highest BCUT2D eigenvalue weighted by Gasteiger charge is 2.15. The quantitative estimate of drug-likeness (QED) is 0.703. The molecular formula is C17H13N3. The Labute approximate surface area is 117 Å². The highest BCUT2D eigenvalue weighted by atomic mass is 15.3. The van der Waals surface area contributed by atoms with Gasteiger partial charge in [-0.1, -0.05) is 36.9 Å². The van der Waals surface area contributed by atoms with E-state index in [9.17, 15) is 5.26 Å². The van der Waals surface area contributed by atoms with Gasteiger partial charge in [0.25, 0.3) is 0 Å². The summed E-state index contributed by atoms with van der Waals surface area (Å²) < 4.78 is 1.78. The number of nitrogens with zero attached hydrogens (tertiary/aromatic N) is 3. The molecule has 3 nitrogen and oxygen atoms in total. The Morgan fingerprint density at radius 1 is 1.30 bits per heavy atom. The second-order valence-corrected chi connectivity index (χ2v) is 4.59. The van der Waals surface area contributed by atoms with Crippen LogP contribution in [0.2, 0.25) is 0 Å². The summed E-state index contributed by atoms with van der Waals surface area (Å²) >= 11 is 0. The molecule has 0 unspecified atom stereocenters. The molecule has 0 fully saturated rings. The highest BCUT2D eigenvalue weighted by Crippen LogP contribution is 2.33. The van der Waals surface area contributed by atoms with Crippen molar-refractivity contribution in [3.05, 3.63) is 60.3 Å². The molecule has 0 bridgehead atoms. The third kappa shape index (κ3) is 1.70. The summed E-state index contributed by atoms with van der Waals surface area (Å²) in [7, 11) is 1.87. The summed E-state index contributed by atoms with van der Waals surface area (Å²) in [5.41, 5.74) is 3.42. The van der Waals surface area contributed by atoms with Gasteiger partial charge in [0.05, 0.1) is 11.3 Å². The van der Waals surface area contributed by atoms with Gasteiger partial charge in [-0.05, 0) is 23.1 Å². The van der Waals surface area contributed by atoms with Gasteiger partial charge in [-0.15, -0.1) is 0 Å². The third-order valence-corrected chi connectivity index (χ3v) is 3.49. The van der Waals surface area contributed by atoms with Crippen molar-refractivity contribution < 1.29 is 0 Å². The van der Waals surface area contributed by atoms with E-state index < -0.39 is 0 Å². The van der Waals surface area contributed by atoms with Crippen LogP contribution in [0.15, 0.2) is 49.2 Å². The van der Waals surface area contributed by atoms with Crippen LogP contribution in [-0.4, -0.2) is 9.78 Å². The molecule has 0 atom stereocenters. The van der Waals surface area contributed by atoms with Crippen molar-refractivity contribution in [2.24, 2.45) is 7.05 Å². The molecule has 0 aliphatic carbocycles. The molecule has 0 aliphatic rings. The summed E-state index contributed by atoms with van der Waals surface area (Å²) in [5, 5.41) is 15.8. The Kier molecular flexibility index (Phi) is 2.85. The van der Waals surface area contributed by atoms with Crippen LogP contribution >= 0.6 is 0 Å². The zero-order valence-corrected chi connectivity index (χ0v) is 11.2. The fourth-order valence-electron chi connectivity index (χ4n) is 2.54. The topological polar surface area (TPSA) is 41.6 Å². The van der Waals surface area contributed by atoms with Crippen LogP contribution in [0.5, 0.6) is 0 Å². The zero-order valence-electron chi connectivity index (χ0n) is 11.2. The second kappa shape index (κ2) is 4.67. The van der Waals surface area contributed by atoms with Crippen LogP contribution in [0.25, 0.3) is 28.1 Å². The molecule has 0 radical (unpaired) electrons. The molecule has 96 valence electrons. The van der Waals surface area contributed by atoms with Gasteiger partial charge >= 0.3 is 0 Å². The summed E-state index contributed by atoms with van der Waals surface area (Å²) in [4.78, 5) is 0. The lowest BCUT2D eigenvalue weighted by Gasteiger charge is -2.12. The molecular weight excluding hydrogens is 246 g/mol. The average molecular weight is 259 g/mol. The third-order valence-electron chi connectivity index (χ3n) is 3.49. The summed E-state index contributed by atoms with van der Waals surface area (Å²) in [6.45, 7) is 3.87. The fourth-order valence-corrected chi connectivity index (χ4v) is 2.54. The first-order chi connectivity index (χ1) is 9.76. The monoisotopic (exact) mass is 259 g/mol. The predicted molar refractivity (Wildman–Crippen MR) is 81.0 cm³/mol. The van der Waals surface area contributed by atoms with Crippen molar-refractivity contribution in [2.75, 3.05) is 0 Å². The van der Waals surface area contributed by atoms with Gasteiger partial charge in [-0.3, -0.25) is 4.68 Å². The lowest BCUT2D eigenvalue weighted by molar-refractivity contribution is 0.775. The minimum absolute atomic E-state index is 0.668. The van der Waals surface area contributed by atoms with E-state index in [2.05, 4.69) is 23.8 Å². The van der Waals surface area contributed by atoms with Crippen molar-refractivity contribution in [1.82, 2.24) is 9.78 Å². The first-order valence-electron chi connectivity index (χ1n) is 6.33. The van der Waals surface area contributed by atoms with E-state index in [4.69, 9.17) is 0 Å². The first-order valence-corrected chi connectivity index (χ1v) is 6.33. The smallest absolute Gasteiger partial charge is 0.101 e. The minimum Gasteiger partial charge on any atom is -0.268 e. The van der Waals surface area contributed by atoms with Crippen LogP contribution in [0.1, 0.15) is 11.1 Å².